The molecule has 1 fully saturated rings. The smallest absolute Gasteiger partial charge is 0.251 e. The third-order valence-electron chi connectivity index (χ3n) is 6.53. The Morgan fingerprint density at radius 2 is 1.70 bits per heavy atom. The van der Waals surface area contributed by atoms with Gasteiger partial charge >= 0.3 is 0 Å². The topological polar surface area (TPSA) is 73.8 Å². The lowest BCUT2D eigenvalue weighted by Gasteiger charge is -2.16. The van der Waals surface area contributed by atoms with Gasteiger partial charge in [-0.15, -0.1) is 5.10 Å². The minimum absolute atomic E-state index is 0.0963. The van der Waals surface area contributed by atoms with E-state index in [9.17, 15) is 0 Å². The molecule has 0 saturated heterocycles. The van der Waals surface area contributed by atoms with E-state index in [-0.39, 0.29) is 5.41 Å². The zero-order valence-electron chi connectivity index (χ0n) is 17.7. The number of rotatable bonds is 4. The van der Waals surface area contributed by atoms with E-state index in [0.29, 0.717) is 11.6 Å². The maximum Gasteiger partial charge on any atom is 0.251 e. The van der Waals surface area contributed by atoms with Crippen molar-refractivity contribution in [1.82, 2.24) is 34.1 Å². The second-order valence-corrected chi connectivity index (χ2v) is 8.50. The Morgan fingerprint density at radius 3 is 2.58 bits per heavy atom. The molecule has 0 spiro atoms. The van der Waals surface area contributed by atoms with Gasteiger partial charge in [0.25, 0.3) is 5.78 Å². The average Bonchev–Trinajstić information content (AvgIpc) is 3.33. The largest absolute Gasteiger partial charge is 0.287 e. The van der Waals surface area contributed by atoms with Crippen molar-refractivity contribution >= 4 is 16.7 Å². The van der Waals surface area contributed by atoms with Crippen molar-refractivity contribution in [2.75, 3.05) is 0 Å². The summed E-state index contributed by atoms with van der Waals surface area (Å²) in [5.74, 6) is 1.31. The Hall–Kier alpha value is -4.39. The van der Waals surface area contributed by atoms with Crippen molar-refractivity contribution in [1.29, 1.82) is 0 Å². The van der Waals surface area contributed by atoms with E-state index in [4.69, 9.17) is 5.10 Å². The minimum atomic E-state index is -0.0963. The Balaban J connectivity index is 1.31. The van der Waals surface area contributed by atoms with Crippen LogP contribution in [0.15, 0.2) is 91.8 Å². The van der Waals surface area contributed by atoms with E-state index in [1.807, 2.05) is 64.1 Å². The van der Waals surface area contributed by atoms with Crippen LogP contribution in [-0.2, 0) is 5.41 Å². The Kier molecular flexibility index (Phi) is 3.75. The number of benzene rings is 2. The number of fused-ring (bicyclic) bond motifs is 2. The fourth-order valence-corrected chi connectivity index (χ4v) is 4.61. The monoisotopic (exact) mass is 429 g/mol. The molecular formula is C26H19N7. The van der Waals surface area contributed by atoms with Crippen LogP contribution in [0.25, 0.3) is 33.8 Å². The van der Waals surface area contributed by atoms with Crippen LogP contribution < -0.4 is 0 Å². The SMILES string of the molecule is c1ccc(-c2cn(-c3cnc4ncc(C5(c6ccc7ncccc7c6)CC5)n4n3)cn2)cc1. The first-order valence-corrected chi connectivity index (χ1v) is 11.0. The standard InChI is InChI=1S/C26H19N7/c1-2-5-18(6-3-1)22-16-32(17-30-22)24-15-29-25-28-14-23(33(25)31-24)26(10-11-26)20-8-9-21-19(13-20)7-4-12-27-21/h1-9,12-17H,10-11H2. The minimum Gasteiger partial charge on any atom is -0.287 e. The molecule has 33 heavy (non-hydrogen) atoms. The molecule has 0 aliphatic heterocycles. The van der Waals surface area contributed by atoms with Gasteiger partial charge < -0.3 is 0 Å². The number of aromatic nitrogens is 7. The van der Waals surface area contributed by atoms with Crippen LogP contribution in [0.2, 0.25) is 0 Å². The maximum atomic E-state index is 4.91. The summed E-state index contributed by atoms with van der Waals surface area (Å²) in [6.07, 6.45) is 11.4. The van der Waals surface area contributed by atoms with Gasteiger partial charge in [-0.05, 0) is 36.6 Å². The second-order valence-electron chi connectivity index (χ2n) is 8.50. The van der Waals surface area contributed by atoms with Crippen LogP contribution in [-0.4, -0.2) is 34.1 Å². The van der Waals surface area contributed by atoms with Gasteiger partial charge in [0.15, 0.2) is 5.82 Å². The summed E-state index contributed by atoms with van der Waals surface area (Å²) in [7, 11) is 0. The molecule has 0 N–H and O–H groups in total. The predicted octanol–water partition coefficient (Wildman–Crippen LogP) is 4.61. The van der Waals surface area contributed by atoms with Crippen LogP contribution >= 0.6 is 0 Å². The van der Waals surface area contributed by atoms with Crippen molar-refractivity contribution in [3.05, 3.63) is 103 Å². The van der Waals surface area contributed by atoms with Gasteiger partial charge in [-0.3, -0.25) is 9.55 Å². The van der Waals surface area contributed by atoms with Crippen molar-refractivity contribution in [2.45, 2.75) is 18.3 Å². The molecule has 0 atom stereocenters. The lowest BCUT2D eigenvalue weighted by Crippen LogP contribution is -2.14. The summed E-state index contributed by atoms with van der Waals surface area (Å²) in [4.78, 5) is 18.1. The van der Waals surface area contributed by atoms with E-state index in [0.717, 1.165) is 40.7 Å². The molecule has 4 heterocycles. The highest BCUT2D eigenvalue weighted by Crippen LogP contribution is 2.53. The number of imidazole rings is 2. The van der Waals surface area contributed by atoms with Crippen LogP contribution in [0.3, 0.4) is 0 Å². The summed E-state index contributed by atoms with van der Waals surface area (Å²) in [6.45, 7) is 0. The van der Waals surface area contributed by atoms with Gasteiger partial charge in [-0.25, -0.2) is 15.0 Å². The number of hydrogen-bond donors (Lipinski definition) is 0. The van der Waals surface area contributed by atoms with E-state index in [1.54, 1.807) is 12.5 Å². The lowest BCUT2D eigenvalue weighted by atomic mass is 9.91. The fourth-order valence-electron chi connectivity index (χ4n) is 4.61. The van der Waals surface area contributed by atoms with E-state index >= 15 is 0 Å². The van der Waals surface area contributed by atoms with Crippen molar-refractivity contribution in [2.24, 2.45) is 0 Å². The van der Waals surface area contributed by atoms with Crippen LogP contribution in [0.5, 0.6) is 0 Å². The normalized spacial score (nSPS) is 14.7. The first kappa shape index (κ1) is 18.2. The zero-order valence-corrected chi connectivity index (χ0v) is 17.7. The van der Waals surface area contributed by atoms with Gasteiger partial charge in [0.2, 0.25) is 0 Å². The summed E-state index contributed by atoms with van der Waals surface area (Å²) in [5, 5.41) is 6.06. The summed E-state index contributed by atoms with van der Waals surface area (Å²) in [5.41, 5.74) is 5.21. The molecule has 0 unspecified atom stereocenters. The molecule has 2 aromatic carbocycles. The molecule has 0 bridgehead atoms. The average molecular weight is 429 g/mol. The molecular weight excluding hydrogens is 410 g/mol. The second kappa shape index (κ2) is 6.80. The molecule has 1 aliphatic carbocycles. The van der Waals surface area contributed by atoms with Crippen molar-refractivity contribution in [3.8, 4) is 17.1 Å². The third-order valence-corrected chi connectivity index (χ3v) is 6.53. The van der Waals surface area contributed by atoms with Gasteiger partial charge in [-0.2, -0.15) is 4.52 Å². The third kappa shape index (κ3) is 2.86. The van der Waals surface area contributed by atoms with Crippen LogP contribution in [0, 0.1) is 0 Å². The van der Waals surface area contributed by atoms with Crippen LogP contribution in [0.1, 0.15) is 24.1 Å². The molecule has 158 valence electrons. The summed E-state index contributed by atoms with van der Waals surface area (Å²) >= 11 is 0. The highest BCUT2D eigenvalue weighted by atomic mass is 15.3. The molecule has 0 radical (unpaired) electrons. The van der Waals surface area contributed by atoms with E-state index < -0.39 is 0 Å². The van der Waals surface area contributed by atoms with Gasteiger partial charge in [0, 0.05) is 28.8 Å². The van der Waals surface area contributed by atoms with Gasteiger partial charge in [-0.1, -0.05) is 42.5 Å². The summed E-state index contributed by atoms with van der Waals surface area (Å²) < 4.78 is 3.79. The molecule has 0 amide bonds. The van der Waals surface area contributed by atoms with Gasteiger partial charge in [0.05, 0.1) is 29.3 Å². The Bertz CT molecular complexity index is 1630. The zero-order chi connectivity index (χ0) is 21.8. The fraction of sp³-hybridized carbons (Fsp3) is 0.115. The number of nitrogens with zero attached hydrogens (tertiary/aromatic N) is 7. The van der Waals surface area contributed by atoms with E-state index in [1.165, 1.54) is 5.56 Å². The molecule has 1 aliphatic rings. The highest BCUT2D eigenvalue weighted by Gasteiger charge is 2.48. The molecule has 7 heteroatoms. The lowest BCUT2D eigenvalue weighted by molar-refractivity contribution is 0.724. The molecule has 6 aromatic rings. The van der Waals surface area contributed by atoms with E-state index in [2.05, 4.69) is 44.2 Å². The molecule has 1 saturated carbocycles. The van der Waals surface area contributed by atoms with Crippen LogP contribution in [0.4, 0.5) is 0 Å². The Labute approximate surface area is 189 Å². The maximum absolute atomic E-state index is 4.91. The van der Waals surface area contributed by atoms with Crippen molar-refractivity contribution in [3.63, 3.8) is 0 Å². The van der Waals surface area contributed by atoms with Gasteiger partial charge in [0.1, 0.15) is 6.33 Å². The first-order valence-electron chi connectivity index (χ1n) is 11.0. The summed E-state index contributed by atoms with van der Waals surface area (Å²) in [6, 6.07) is 20.7. The number of pyridine rings is 1. The quantitative estimate of drug-likeness (QED) is 0.409. The predicted molar refractivity (Wildman–Crippen MR) is 125 cm³/mol. The molecule has 7 rings (SSSR count). The first-order chi connectivity index (χ1) is 16.3. The molecule has 4 aromatic heterocycles. The van der Waals surface area contributed by atoms with Crippen molar-refractivity contribution < 1.29 is 0 Å². The highest BCUT2D eigenvalue weighted by molar-refractivity contribution is 5.79. The Morgan fingerprint density at radius 1 is 0.818 bits per heavy atom. The number of hydrogen-bond acceptors (Lipinski definition) is 5. The molecule has 7 nitrogen and oxygen atoms in total.